The molecule has 23 rings (SSSR count). The zero-order valence-electron chi connectivity index (χ0n) is 62.6. The summed E-state index contributed by atoms with van der Waals surface area (Å²) in [5.41, 5.74) is 22.8. The second-order valence-electron chi connectivity index (χ2n) is 29.5. The number of benzene rings is 17. The normalized spacial score (nSPS) is 11.6. The van der Waals surface area contributed by atoms with E-state index >= 15 is 0 Å². The minimum atomic E-state index is 0.680. The minimum Gasteiger partial charge on any atom is -0.247 e. The van der Waals surface area contributed by atoms with Gasteiger partial charge in [-0.3, -0.25) is 0 Å². The first-order valence-electron chi connectivity index (χ1n) is 39.1. The lowest BCUT2D eigenvalue weighted by Gasteiger charge is -2.13. The molecule has 0 bridgehead atoms. The maximum atomic E-state index is 5.54. The number of rotatable bonds is 11. The SMILES string of the molecule is c1ccc(-c2cc(-c3ccccc3)nc(-c3ccc(-c4nc5cc(-c6cc7ccccc7c7ccccc67)ccc5c5sc6ccccc6c45)cc3)n2)cc1.c1ccc(-c2ccc(-c3cc(-c4ccccc4)nc(-c4ccc(-c5nc6cc(-c7cc8ccccc8c8ccccc78)ccc6c6sc7ccccc7c56)cc4)n3)cc2)cc1. The van der Waals surface area contributed by atoms with Crippen LogP contribution >= 0.6 is 22.7 Å². The van der Waals surface area contributed by atoms with Gasteiger partial charge in [0.1, 0.15) is 0 Å². The van der Waals surface area contributed by atoms with Crippen LogP contribution in [0.4, 0.5) is 0 Å². The first-order chi connectivity index (χ1) is 57.5. The van der Waals surface area contributed by atoms with E-state index in [1.54, 1.807) is 0 Å². The van der Waals surface area contributed by atoms with Crippen LogP contribution in [0.3, 0.4) is 0 Å². The third-order valence-corrected chi connectivity index (χ3v) is 25.0. The van der Waals surface area contributed by atoms with Crippen molar-refractivity contribution >= 4 is 128 Å². The summed E-state index contributed by atoms with van der Waals surface area (Å²) in [7, 11) is 0. The zero-order valence-corrected chi connectivity index (χ0v) is 64.2. The van der Waals surface area contributed by atoms with Crippen LogP contribution < -0.4 is 0 Å². The highest BCUT2D eigenvalue weighted by molar-refractivity contribution is 7.27. The Hall–Kier alpha value is -14.8. The summed E-state index contributed by atoms with van der Waals surface area (Å²) < 4.78 is 5.02. The summed E-state index contributed by atoms with van der Waals surface area (Å²) in [6.45, 7) is 0. The van der Waals surface area contributed by atoms with E-state index in [4.69, 9.17) is 29.9 Å². The number of thiophene rings is 2. The maximum Gasteiger partial charge on any atom is 0.160 e. The van der Waals surface area contributed by atoms with E-state index in [9.17, 15) is 0 Å². The number of nitrogens with zero attached hydrogens (tertiary/aromatic N) is 6. The third-order valence-electron chi connectivity index (χ3n) is 22.6. The molecule has 8 heteroatoms. The highest BCUT2D eigenvalue weighted by atomic mass is 32.1. The van der Waals surface area contributed by atoms with Crippen molar-refractivity contribution in [2.24, 2.45) is 0 Å². The van der Waals surface area contributed by atoms with Crippen LogP contribution in [0.2, 0.25) is 0 Å². The molecule has 0 saturated heterocycles. The van der Waals surface area contributed by atoms with Gasteiger partial charge in [0.05, 0.1) is 45.2 Å². The van der Waals surface area contributed by atoms with Gasteiger partial charge in [0.15, 0.2) is 11.6 Å². The van der Waals surface area contributed by atoms with Gasteiger partial charge in [0, 0.05) is 95.6 Å². The fourth-order valence-corrected chi connectivity index (χ4v) is 19.3. The van der Waals surface area contributed by atoms with Crippen LogP contribution in [0.1, 0.15) is 0 Å². The van der Waals surface area contributed by atoms with E-state index in [1.807, 2.05) is 71.2 Å². The molecule has 6 nitrogen and oxygen atoms in total. The summed E-state index contributed by atoms with van der Waals surface area (Å²) in [4.78, 5) is 31.5. The van der Waals surface area contributed by atoms with E-state index in [1.165, 1.54) is 116 Å². The molecule has 6 heterocycles. The average molecular weight is 1510 g/mol. The number of fused-ring (bicyclic) bond motifs is 16. The standard InChI is InChI=1S/C57H35N3S.C51H31N3S/c1-3-13-36(14-4-1)37-23-25-39(26-24-37)51-35-50(38-15-5-2-6-16-38)59-57(60-51)41-29-27-40(28-30-41)55-54-48-21-11-12-22-53(48)61-56(54)47-32-31-43(34-52(47)58-55)49-33-42-17-7-8-18-44(42)45-19-9-10-20-46(45)49;1-3-13-32(14-4-1)44-31-45(33-15-5-2-6-16-33)54-51(53-44)35-25-23-34(24-26-35)49-48-42-21-11-12-22-47(42)55-50(48)41-28-27-37(30-46(41)52-49)43-29-36-17-7-8-18-38(36)39-19-9-10-20-40(39)43/h1-35H;1-31H. The van der Waals surface area contributed by atoms with Gasteiger partial charge in [-0.25, -0.2) is 29.9 Å². The molecule has 0 aliphatic heterocycles. The number of hydrogen-bond donors (Lipinski definition) is 0. The highest BCUT2D eigenvalue weighted by Gasteiger charge is 2.23. The van der Waals surface area contributed by atoms with Gasteiger partial charge in [-0.1, -0.05) is 352 Å². The first-order valence-corrected chi connectivity index (χ1v) is 40.7. The molecule has 0 spiro atoms. The van der Waals surface area contributed by atoms with E-state index in [0.29, 0.717) is 11.6 Å². The van der Waals surface area contributed by atoms with Gasteiger partial charge in [0.2, 0.25) is 0 Å². The van der Waals surface area contributed by atoms with E-state index in [-0.39, 0.29) is 0 Å². The van der Waals surface area contributed by atoms with Crippen molar-refractivity contribution in [3.05, 3.63) is 400 Å². The summed E-state index contributed by atoms with van der Waals surface area (Å²) >= 11 is 3.69. The van der Waals surface area contributed by atoms with E-state index in [0.717, 1.165) is 101 Å². The molecule has 0 amide bonds. The Morgan fingerprint density at radius 1 is 0.172 bits per heavy atom. The Bertz CT molecular complexity index is 7720. The Balaban J connectivity index is 0.000000141. The Morgan fingerprint density at radius 2 is 0.457 bits per heavy atom. The fourth-order valence-electron chi connectivity index (χ4n) is 16.9. The summed E-state index contributed by atoms with van der Waals surface area (Å²) in [5, 5.41) is 17.2. The summed E-state index contributed by atoms with van der Waals surface area (Å²) in [6.07, 6.45) is 0. The number of pyridine rings is 2. The van der Waals surface area contributed by atoms with Crippen LogP contribution in [0.5, 0.6) is 0 Å². The van der Waals surface area contributed by atoms with Crippen molar-refractivity contribution in [1.82, 2.24) is 29.9 Å². The van der Waals surface area contributed by atoms with Crippen LogP contribution in [-0.2, 0) is 0 Å². The van der Waals surface area contributed by atoms with Crippen molar-refractivity contribution < 1.29 is 0 Å². The van der Waals surface area contributed by atoms with Crippen molar-refractivity contribution in [2.75, 3.05) is 0 Å². The van der Waals surface area contributed by atoms with E-state index in [2.05, 4.69) is 352 Å². The van der Waals surface area contributed by atoms with Crippen molar-refractivity contribution in [1.29, 1.82) is 0 Å². The van der Waals surface area contributed by atoms with Gasteiger partial charge in [0.25, 0.3) is 0 Å². The molecule has 0 unspecified atom stereocenters. The monoisotopic (exact) mass is 1510 g/mol. The smallest absolute Gasteiger partial charge is 0.160 e. The van der Waals surface area contributed by atoms with Gasteiger partial charge in [-0.05, 0) is 125 Å². The number of aromatic nitrogens is 6. The van der Waals surface area contributed by atoms with Crippen LogP contribution in [0.25, 0.3) is 229 Å². The topological polar surface area (TPSA) is 77.3 Å². The maximum absolute atomic E-state index is 5.54. The van der Waals surface area contributed by atoms with Crippen LogP contribution in [0.15, 0.2) is 400 Å². The quantitative estimate of drug-likeness (QED) is 0.120. The van der Waals surface area contributed by atoms with Crippen molar-refractivity contribution in [3.8, 4) is 124 Å². The Morgan fingerprint density at radius 3 is 0.853 bits per heavy atom. The molecule has 0 radical (unpaired) electrons. The second-order valence-corrected chi connectivity index (χ2v) is 31.6. The Kier molecular flexibility index (Phi) is 16.9. The molecular weight excluding hydrogens is 1450 g/mol. The predicted octanol–water partition coefficient (Wildman–Crippen LogP) is 29.7. The van der Waals surface area contributed by atoms with Crippen LogP contribution in [-0.4, -0.2) is 29.9 Å². The average Bonchev–Trinajstić information content (AvgIpc) is 1.53. The molecule has 0 aliphatic rings. The zero-order chi connectivity index (χ0) is 76.6. The van der Waals surface area contributed by atoms with Crippen molar-refractivity contribution in [2.45, 2.75) is 0 Å². The van der Waals surface area contributed by atoms with Gasteiger partial charge >= 0.3 is 0 Å². The van der Waals surface area contributed by atoms with Gasteiger partial charge in [-0.2, -0.15) is 0 Å². The molecule has 540 valence electrons. The van der Waals surface area contributed by atoms with E-state index < -0.39 is 0 Å². The minimum absolute atomic E-state index is 0.680. The summed E-state index contributed by atoms with van der Waals surface area (Å²) in [5.74, 6) is 1.37. The molecule has 17 aromatic carbocycles. The lowest BCUT2D eigenvalue weighted by atomic mass is 9.92. The molecule has 0 atom stereocenters. The van der Waals surface area contributed by atoms with Crippen molar-refractivity contribution in [3.63, 3.8) is 0 Å². The first kappa shape index (κ1) is 68.0. The largest absolute Gasteiger partial charge is 0.247 e. The molecule has 0 saturated carbocycles. The highest BCUT2D eigenvalue weighted by Crippen LogP contribution is 2.48. The fraction of sp³-hybridized carbons (Fsp3) is 0. The third kappa shape index (κ3) is 12.3. The van der Waals surface area contributed by atoms with Gasteiger partial charge in [-0.15, -0.1) is 22.7 Å². The molecule has 23 aromatic rings. The molecule has 0 N–H and O–H groups in total. The lowest BCUT2D eigenvalue weighted by Crippen LogP contribution is -1.96. The number of hydrogen-bond acceptors (Lipinski definition) is 8. The predicted molar refractivity (Wildman–Crippen MR) is 490 cm³/mol. The molecular formula is C108H66N6S2. The lowest BCUT2D eigenvalue weighted by molar-refractivity contribution is 1.18. The summed E-state index contributed by atoms with van der Waals surface area (Å²) in [6, 6.07) is 142. The Labute approximate surface area is 677 Å². The molecule has 0 aliphatic carbocycles. The second kappa shape index (κ2) is 28.7. The van der Waals surface area contributed by atoms with Crippen LogP contribution in [0, 0.1) is 0 Å². The molecule has 116 heavy (non-hydrogen) atoms. The molecule has 6 aromatic heterocycles. The van der Waals surface area contributed by atoms with Gasteiger partial charge < -0.3 is 0 Å². The molecule has 0 fully saturated rings.